The molecule has 3 heterocycles. The molecule has 8 nitrogen and oxygen atoms in total. The smallest absolute Gasteiger partial charge is 0.331 e. The van der Waals surface area contributed by atoms with Gasteiger partial charge >= 0.3 is 5.97 Å². The summed E-state index contributed by atoms with van der Waals surface area (Å²) in [6.45, 7) is 10.2. The standard InChI is InChI=1S/C19H26N4O4/c1-12-15(27-13(2)20-12)16(24)22-10-7-19(8-11-22,17(25)26)23-9-6-14(21-23)18(3,4)5/h6,9H,7-8,10-11H2,1-5H3,(H,25,26). The molecule has 1 aliphatic heterocycles. The fraction of sp³-hybridized carbons (Fsp3) is 0.579. The van der Waals surface area contributed by atoms with Gasteiger partial charge < -0.3 is 14.4 Å². The van der Waals surface area contributed by atoms with Gasteiger partial charge in [-0.05, 0) is 13.0 Å². The van der Waals surface area contributed by atoms with E-state index in [1.54, 1.807) is 29.6 Å². The summed E-state index contributed by atoms with van der Waals surface area (Å²) in [6.07, 6.45) is 2.30. The number of aromatic nitrogens is 3. The fourth-order valence-electron chi connectivity index (χ4n) is 3.46. The molecule has 3 rings (SSSR count). The number of carbonyl (C=O) groups excluding carboxylic acids is 1. The van der Waals surface area contributed by atoms with Gasteiger partial charge in [0.2, 0.25) is 5.76 Å². The summed E-state index contributed by atoms with van der Waals surface area (Å²) in [5.41, 5.74) is 0.0829. The molecule has 146 valence electrons. The van der Waals surface area contributed by atoms with E-state index in [-0.39, 0.29) is 29.9 Å². The Balaban J connectivity index is 1.82. The van der Waals surface area contributed by atoms with E-state index in [0.29, 0.717) is 24.7 Å². The van der Waals surface area contributed by atoms with Crippen molar-refractivity contribution in [3.05, 3.63) is 35.3 Å². The Hall–Kier alpha value is -2.64. The van der Waals surface area contributed by atoms with E-state index in [2.05, 4.69) is 10.1 Å². The maximum absolute atomic E-state index is 12.7. The first kappa shape index (κ1) is 19.1. The highest BCUT2D eigenvalue weighted by atomic mass is 16.4. The first-order valence-electron chi connectivity index (χ1n) is 9.08. The van der Waals surface area contributed by atoms with Gasteiger partial charge in [0.15, 0.2) is 11.4 Å². The average Bonchev–Trinajstić information content (AvgIpc) is 3.21. The van der Waals surface area contributed by atoms with Crippen LogP contribution in [0.3, 0.4) is 0 Å². The fourth-order valence-corrected chi connectivity index (χ4v) is 3.46. The van der Waals surface area contributed by atoms with Crippen molar-refractivity contribution in [2.45, 2.75) is 58.4 Å². The van der Waals surface area contributed by atoms with Gasteiger partial charge in [0.25, 0.3) is 5.91 Å². The Morgan fingerprint density at radius 3 is 2.30 bits per heavy atom. The normalized spacial score (nSPS) is 17.1. The first-order valence-corrected chi connectivity index (χ1v) is 9.08. The van der Waals surface area contributed by atoms with Crippen molar-refractivity contribution < 1.29 is 19.1 Å². The number of carboxylic acid groups (broad SMARTS) is 1. The van der Waals surface area contributed by atoms with Gasteiger partial charge in [-0.3, -0.25) is 9.48 Å². The zero-order chi connectivity index (χ0) is 20.0. The van der Waals surface area contributed by atoms with Crippen molar-refractivity contribution in [2.24, 2.45) is 0 Å². The lowest BCUT2D eigenvalue weighted by atomic mass is 9.87. The number of piperidine rings is 1. The number of hydrogen-bond acceptors (Lipinski definition) is 5. The predicted octanol–water partition coefficient (Wildman–Crippen LogP) is 2.50. The highest BCUT2D eigenvalue weighted by Crippen LogP contribution is 2.32. The van der Waals surface area contributed by atoms with E-state index >= 15 is 0 Å². The van der Waals surface area contributed by atoms with Crippen LogP contribution in [0.25, 0.3) is 0 Å². The second-order valence-corrected chi connectivity index (χ2v) is 8.17. The molecule has 0 spiro atoms. The zero-order valence-corrected chi connectivity index (χ0v) is 16.4. The second-order valence-electron chi connectivity index (χ2n) is 8.17. The maximum atomic E-state index is 12.7. The Labute approximate surface area is 158 Å². The van der Waals surface area contributed by atoms with Gasteiger partial charge in [-0.1, -0.05) is 20.8 Å². The van der Waals surface area contributed by atoms with Crippen LogP contribution in [0, 0.1) is 13.8 Å². The first-order chi connectivity index (χ1) is 12.5. The van der Waals surface area contributed by atoms with E-state index in [0.717, 1.165) is 5.69 Å². The number of oxazole rings is 1. The van der Waals surface area contributed by atoms with Gasteiger partial charge in [-0.15, -0.1) is 0 Å². The molecule has 0 aliphatic carbocycles. The van der Waals surface area contributed by atoms with Crippen LogP contribution in [0.5, 0.6) is 0 Å². The van der Waals surface area contributed by atoms with Gasteiger partial charge in [-0.25, -0.2) is 9.78 Å². The zero-order valence-electron chi connectivity index (χ0n) is 16.4. The van der Waals surface area contributed by atoms with Crippen molar-refractivity contribution in [1.29, 1.82) is 0 Å². The Bertz CT molecular complexity index is 867. The minimum atomic E-state index is -1.15. The molecule has 0 radical (unpaired) electrons. The van der Waals surface area contributed by atoms with Crippen molar-refractivity contribution in [2.75, 3.05) is 13.1 Å². The monoisotopic (exact) mass is 374 g/mol. The van der Waals surface area contributed by atoms with Gasteiger partial charge in [0, 0.05) is 44.5 Å². The lowest BCUT2D eigenvalue weighted by Crippen LogP contribution is -2.52. The molecule has 0 bridgehead atoms. The lowest BCUT2D eigenvalue weighted by Gasteiger charge is -2.38. The number of carbonyl (C=O) groups is 2. The summed E-state index contributed by atoms with van der Waals surface area (Å²) in [6, 6.07) is 1.86. The number of rotatable bonds is 3. The molecule has 1 aliphatic rings. The van der Waals surface area contributed by atoms with Crippen molar-refractivity contribution in [1.82, 2.24) is 19.7 Å². The number of carboxylic acids is 1. The van der Waals surface area contributed by atoms with Crippen LogP contribution in [0.4, 0.5) is 0 Å². The summed E-state index contributed by atoms with van der Waals surface area (Å²) in [7, 11) is 0. The van der Waals surface area contributed by atoms with E-state index < -0.39 is 11.5 Å². The third-order valence-corrected chi connectivity index (χ3v) is 5.17. The molecule has 1 fully saturated rings. The topological polar surface area (TPSA) is 101 Å². The highest BCUT2D eigenvalue weighted by molar-refractivity contribution is 5.92. The highest BCUT2D eigenvalue weighted by Gasteiger charge is 2.45. The summed E-state index contributed by atoms with van der Waals surface area (Å²) in [5, 5.41) is 14.5. The number of hydrogen-bond donors (Lipinski definition) is 1. The van der Waals surface area contributed by atoms with E-state index in [9.17, 15) is 14.7 Å². The largest absolute Gasteiger partial charge is 0.479 e. The number of nitrogens with zero attached hydrogens (tertiary/aromatic N) is 4. The van der Waals surface area contributed by atoms with Crippen LogP contribution in [-0.2, 0) is 15.7 Å². The molecule has 1 amide bonds. The molecule has 0 saturated carbocycles. The minimum absolute atomic E-state index is 0.163. The van der Waals surface area contributed by atoms with E-state index in [1.165, 1.54) is 0 Å². The second kappa shape index (κ2) is 6.51. The molecular formula is C19H26N4O4. The third-order valence-electron chi connectivity index (χ3n) is 5.17. The van der Waals surface area contributed by atoms with Gasteiger partial charge in [0.05, 0.1) is 11.4 Å². The van der Waals surface area contributed by atoms with Crippen molar-refractivity contribution in [3.8, 4) is 0 Å². The number of likely N-dealkylation sites (tertiary alicyclic amines) is 1. The quantitative estimate of drug-likeness (QED) is 0.886. The van der Waals surface area contributed by atoms with Gasteiger partial charge in [0.1, 0.15) is 0 Å². The summed E-state index contributed by atoms with van der Waals surface area (Å²) < 4.78 is 6.98. The molecule has 2 aromatic rings. The summed E-state index contributed by atoms with van der Waals surface area (Å²) >= 11 is 0. The molecule has 8 heteroatoms. The number of aryl methyl sites for hydroxylation is 2. The average molecular weight is 374 g/mol. The lowest BCUT2D eigenvalue weighted by molar-refractivity contribution is -0.150. The third kappa shape index (κ3) is 3.36. The van der Waals surface area contributed by atoms with E-state index in [4.69, 9.17) is 4.42 Å². The molecule has 2 aromatic heterocycles. The van der Waals surface area contributed by atoms with Crippen LogP contribution in [0.2, 0.25) is 0 Å². The molecule has 0 aromatic carbocycles. The Morgan fingerprint density at radius 1 is 1.22 bits per heavy atom. The van der Waals surface area contributed by atoms with Crippen LogP contribution in [0.15, 0.2) is 16.7 Å². The van der Waals surface area contributed by atoms with Gasteiger partial charge in [-0.2, -0.15) is 5.10 Å². The SMILES string of the molecule is Cc1nc(C)c(C(=O)N2CCC(C(=O)O)(n3ccc(C(C)(C)C)n3)CC2)o1. The Morgan fingerprint density at radius 2 is 1.85 bits per heavy atom. The van der Waals surface area contributed by atoms with Crippen LogP contribution in [-0.4, -0.2) is 49.7 Å². The molecule has 1 saturated heterocycles. The van der Waals surface area contributed by atoms with Crippen molar-refractivity contribution >= 4 is 11.9 Å². The Kier molecular flexibility index (Phi) is 4.61. The van der Waals surface area contributed by atoms with E-state index in [1.807, 2.05) is 26.8 Å². The minimum Gasteiger partial charge on any atom is -0.479 e. The molecule has 1 N–H and O–H groups in total. The molecule has 0 atom stereocenters. The predicted molar refractivity (Wildman–Crippen MR) is 97.7 cm³/mol. The summed E-state index contributed by atoms with van der Waals surface area (Å²) in [4.78, 5) is 30.6. The van der Waals surface area contributed by atoms with Crippen LogP contribution in [0.1, 0.15) is 61.4 Å². The van der Waals surface area contributed by atoms with Crippen LogP contribution >= 0.6 is 0 Å². The van der Waals surface area contributed by atoms with Crippen molar-refractivity contribution in [3.63, 3.8) is 0 Å². The molecular weight excluding hydrogens is 348 g/mol. The molecule has 0 unspecified atom stereocenters. The molecule has 27 heavy (non-hydrogen) atoms. The maximum Gasteiger partial charge on any atom is 0.331 e. The van der Waals surface area contributed by atoms with Crippen LogP contribution < -0.4 is 0 Å². The number of amides is 1. The summed E-state index contributed by atoms with van der Waals surface area (Å²) in [5.74, 6) is -0.504. The number of aliphatic carboxylic acids is 1.